The van der Waals surface area contributed by atoms with E-state index in [0.717, 1.165) is 5.56 Å². The van der Waals surface area contributed by atoms with Crippen LogP contribution in [0.1, 0.15) is 31.9 Å². The second-order valence-electron chi connectivity index (χ2n) is 7.07. The van der Waals surface area contributed by atoms with Gasteiger partial charge in [0.2, 0.25) is 18.6 Å². The van der Waals surface area contributed by atoms with Crippen LogP contribution in [0.25, 0.3) is 4.85 Å². The van der Waals surface area contributed by atoms with Crippen LogP contribution in [0, 0.1) is 6.57 Å². The third kappa shape index (κ3) is 2.03. The molecule has 3 aliphatic heterocycles. The van der Waals surface area contributed by atoms with Crippen LogP contribution in [0.4, 0.5) is 0 Å². The van der Waals surface area contributed by atoms with Gasteiger partial charge in [0.25, 0.3) is 5.54 Å². The number of fused-ring (bicyclic) bond motifs is 2. The molecule has 0 aliphatic carbocycles. The number of hydrogen-bond acceptors (Lipinski definition) is 4. The average Bonchev–Trinajstić information content (AvgIpc) is 3.20. The standard InChI is InChI=1S/C18H19N3O4/c1-10-16(22)21-12(17(23)20(10)4)8-18(2,19-3)15(21)11-5-6-13-14(7-11)25-9-24-13/h5-7,10,12,15H,8-9H2,1-2,4H3/t10-,12?,15+,18+/m1/s1. The van der Waals surface area contributed by atoms with Crippen molar-refractivity contribution in [2.75, 3.05) is 13.8 Å². The van der Waals surface area contributed by atoms with Crippen LogP contribution in [0.15, 0.2) is 18.2 Å². The molecule has 4 rings (SSSR count). The lowest BCUT2D eigenvalue weighted by molar-refractivity contribution is -0.159. The Hall–Kier alpha value is -2.75. The van der Waals surface area contributed by atoms with Gasteiger partial charge in [0.1, 0.15) is 18.1 Å². The van der Waals surface area contributed by atoms with E-state index in [-0.39, 0.29) is 18.6 Å². The molecule has 1 aromatic rings. The van der Waals surface area contributed by atoms with E-state index in [1.807, 2.05) is 19.1 Å². The van der Waals surface area contributed by atoms with Crippen molar-refractivity contribution >= 4 is 11.8 Å². The van der Waals surface area contributed by atoms with Crippen LogP contribution >= 0.6 is 0 Å². The Morgan fingerprint density at radius 3 is 2.68 bits per heavy atom. The molecule has 1 unspecified atom stereocenters. The summed E-state index contributed by atoms with van der Waals surface area (Å²) in [5.41, 5.74) is -0.0719. The van der Waals surface area contributed by atoms with Gasteiger partial charge in [-0.25, -0.2) is 6.57 Å². The summed E-state index contributed by atoms with van der Waals surface area (Å²) in [4.78, 5) is 32.6. The molecule has 4 atom stereocenters. The van der Waals surface area contributed by atoms with Crippen LogP contribution in [-0.4, -0.2) is 53.1 Å². The third-order valence-electron chi connectivity index (χ3n) is 5.60. The number of piperazine rings is 1. The first-order chi connectivity index (χ1) is 11.9. The predicted molar refractivity (Wildman–Crippen MR) is 87.8 cm³/mol. The largest absolute Gasteiger partial charge is 0.454 e. The zero-order valence-electron chi connectivity index (χ0n) is 14.4. The number of carbonyl (C=O) groups is 2. The van der Waals surface area contributed by atoms with Crippen molar-refractivity contribution < 1.29 is 19.1 Å². The summed E-state index contributed by atoms with van der Waals surface area (Å²) in [7, 11) is 1.64. The monoisotopic (exact) mass is 341 g/mol. The van der Waals surface area contributed by atoms with E-state index < -0.39 is 23.7 Å². The Morgan fingerprint density at radius 2 is 1.96 bits per heavy atom. The smallest absolute Gasteiger partial charge is 0.256 e. The van der Waals surface area contributed by atoms with E-state index in [9.17, 15) is 9.59 Å². The number of ether oxygens (including phenoxy) is 2. The maximum Gasteiger partial charge on any atom is 0.256 e. The predicted octanol–water partition coefficient (Wildman–Crippen LogP) is 1.60. The van der Waals surface area contributed by atoms with Crippen molar-refractivity contribution in [3.8, 4) is 11.5 Å². The molecule has 130 valence electrons. The summed E-state index contributed by atoms with van der Waals surface area (Å²) < 4.78 is 10.8. The van der Waals surface area contributed by atoms with E-state index in [0.29, 0.717) is 17.9 Å². The van der Waals surface area contributed by atoms with E-state index >= 15 is 0 Å². The van der Waals surface area contributed by atoms with Gasteiger partial charge in [-0.3, -0.25) is 9.59 Å². The molecule has 0 radical (unpaired) electrons. The highest BCUT2D eigenvalue weighted by atomic mass is 16.7. The molecule has 3 heterocycles. The number of likely N-dealkylation sites (N-methyl/N-ethyl adjacent to an activating group) is 1. The Morgan fingerprint density at radius 1 is 1.24 bits per heavy atom. The van der Waals surface area contributed by atoms with Crippen molar-refractivity contribution in [1.82, 2.24) is 9.80 Å². The molecular formula is C18H19N3O4. The van der Waals surface area contributed by atoms with E-state index in [1.165, 1.54) is 4.90 Å². The van der Waals surface area contributed by atoms with Crippen LogP contribution in [0.2, 0.25) is 0 Å². The van der Waals surface area contributed by atoms with Gasteiger partial charge < -0.3 is 24.1 Å². The van der Waals surface area contributed by atoms with Gasteiger partial charge in [-0.15, -0.1) is 0 Å². The lowest BCUT2D eigenvalue weighted by Gasteiger charge is -2.41. The first-order valence-corrected chi connectivity index (χ1v) is 8.24. The topological polar surface area (TPSA) is 63.4 Å². The number of rotatable bonds is 1. The number of hydrogen-bond donors (Lipinski definition) is 0. The molecule has 7 heteroatoms. The highest BCUT2D eigenvalue weighted by Gasteiger charge is 2.62. The van der Waals surface area contributed by atoms with Gasteiger partial charge in [-0.2, -0.15) is 0 Å². The van der Waals surface area contributed by atoms with Crippen molar-refractivity contribution in [3.63, 3.8) is 0 Å². The molecular weight excluding hydrogens is 322 g/mol. The minimum absolute atomic E-state index is 0.106. The molecule has 25 heavy (non-hydrogen) atoms. The van der Waals surface area contributed by atoms with Crippen LogP contribution in [-0.2, 0) is 9.59 Å². The van der Waals surface area contributed by atoms with Gasteiger partial charge in [-0.1, -0.05) is 6.07 Å². The Bertz CT molecular complexity index is 817. The normalized spacial score (nSPS) is 33.4. The molecule has 2 amide bonds. The third-order valence-corrected chi connectivity index (χ3v) is 5.60. The summed E-state index contributed by atoms with van der Waals surface area (Å²) in [5.74, 6) is 1.03. The van der Waals surface area contributed by atoms with Gasteiger partial charge in [0.15, 0.2) is 11.5 Å². The lowest BCUT2D eigenvalue weighted by atomic mass is 9.87. The second-order valence-corrected chi connectivity index (χ2v) is 7.07. The molecule has 7 nitrogen and oxygen atoms in total. The Labute approximate surface area is 145 Å². The average molecular weight is 341 g/mol. The van der Waals surface area contributed by atoms with Gasteiger partial charge in [0.05, 0.1) is 6.42 Å². The molecule has 1 aromatic carbocycles. The molecule has 2 fully saturated rings. The number of amides is 2. The lowest BCUT2D eigenvalue weighted by Crippen LogP contribution is -2.60. The van der Waals surface area contributed by atoms with Crippen molar-refractivity contribution in [2.24, 2.45) is 0 Å². The van der Waals surface area contributed by atoms with Crippen LogP contribution in [0.5, 0.6) is 11.5 Å². The van der Waals surface area contributed by atoms with Gasteiger partial charge in [0, 0.05) is 14.0 Å². The highest BCUT2D eigenvalue weighted by molar-refractivity contribution is 5.97. The van der Waals surface area contributed by atoms with Crippen molar-refractivity contribution in [3.05, 3.63) is 35.2 Å². The van der Waals surface area contributed by atoms with Gasteiger partial charge in [-0.05, 0) is 24.6 Å². The zero-order chi connectivity index (χ0) is 17.9. The fourth-order valence-electron chi connectivity index (χ4n) is 4.09. The molecule has 0 spiro atoms. The summed E-state index contributed by atoms with van der Waals surface area (Å²) in [5, 5.41) is 0. The van der Waals surface area contributed by atoms with Gasteiger partial charge >= 0.3 is 0 Å². The van der Waals surface area contributed by atoms with Crippen LogP contribution < -0.4 is 9.47 Å². The quantitative estimate of drug-likeness (QED) is 0.728. The number of benzene rings is 1. The van der Waals surface area contributed by atoms with Crippen LogP contribution in [0.3, 0.4) is 0 Å². The first-order valence-electron chi connectivity index (χ1n) is 8.24. The number of nitrogens with zero attached hydrogens (tertiary/aromatic N) is 3. The first kappa shape index (κ1) is 15.8. The fraction of sp³-hybridized carbons (Fsp3) is 0.500. The SMILES string of the molecule is [C-]#[N+][C@@]1(C)CC2C(=O)N(C)[C@H](C)C(=O)N2[C@H]1c1ccc2c(c1)OCO2. The summed E-state index contributed by atoms with van der Waals surface area (Å²) in [6, 6.07) is 3.85. The van der Waals surface area contributed by atoms with E-state index in [1.54, 1.807) is 24.9 Å². The molecule has 0 N–H and O–H groups in total. The minimum atomic E-state index is -0.866. The molecule has 0 aromatic heterocycles. The van der Waals surface area contributed by atoms with Crippen molar-refractivity contribution in [1.29, 1.82) is 0 Å². The molecule has 0 saturated carbocycles. The summed E-state index contributed by atoms with van der Waals surface area (Å²) >= 11 is 0. The maximum absolute atomic E-state index is 13.0. The molecule has 2 saturated heterocycles. The van der Waals surface area contributed by atoms with E-state index in [2.05, 4.69) is 4.85 Å². The zero-order valence-corrected chi connectivity index (χ0v) is 14.4. The van der Waals surface area contributed by atoms with E-state index in [4.69, 9.17) is 16.0 Å². The highest BCUT2D eigenvalue weighted by Crippen LogP contribution is 2.50. The van der Waals surface area contributed by atoms with Crippen molar-refractivity contribution in [2.45, 2.75) is 43.9 Å². The Kier molecular flexibility index (Phi) is 3.23. The fourth-order valence-corrected chi connectivity index (χ4v) is 4.09. The summed E-state index contributed by atoms with van der Waals surface area (Å²) in [6.45, 7) is 11.4. The summed E-state index contributed by atoms with van der Waals surface area (Å²) in [6.07, 6.45) is 0.331. The number of carbonyl (C=O) groups excluding carboxylic acids is 2. The second kappa shape index (κ2) is 5.12. The molecule has 3 aliphatic rings. The Balaban J connectivity index is 1.83. The minimum Gasteiger partial charge on any atom is -0.454 e. The molecule has 0 bridgehead atoms. The maximum atomic E-state index is 13.0.